The second kappa shape index (κ2) is 6.88. The molecular weight excluding hydrogens is 290 g/mol. The van der Waals surface area contributed by atoms with Gasteiger partial charge in [0.1, 0.15) is 0 Å². The molecule has 1 aliphatic rings. The first-order valence-corrected chi connectivity index (χ1v) is 6.91. The molecule has 0 unspecified atom stereocenters. The monoisotopic (exact) mass is 307 g/mol. The molecule has 1 fully saturated rings. The summed E-state index contributed by atoms with van der Waals surface area (Å²) in [6.07, 6.45) is 2.49. The van der Waals surface area contributed by atoms with E-state index in [9.17, 15) is 19.6 Å². The molecule has 22 heavy (non-hydrogen) atoms. The molecule has 8 nitrogen and oxygen atoms in total. The molecule has 0 saturated carbocycles. The van der Waals surface area contributed by atoms with Crippen LogP contribution in [0.25, 0.3) is 0 Å². The number of hydrogen-bond acceptors (Lipinski definition) is 5. The number of hydrogen-bond donors (Lipinski definition) is 1. The van der Waals surface area contributed by atoms with Crippen LogP contribution in [0.5, 0.6) is 0 Å². The van der Waals surface area contributed by atoms with E-state index in [0.29, 0.717) is 24.1 Å². The van der Waals surface area contributed by atoms with Gasteiger partial charge in [-0.2, -0.15) is 4.73 Å². The Morgan fingerprint density at radius 1 is 1.41 bits per heavy atom. The average Bonchev–Trinajstić information content (AvgIpc) is 2.52. The third-order valence-electron chi connectivity index (χ3n) is 3.54. The minimum absolute atomic E-state index is 0.191. The fourth-order valence-corrected chi connectivity index (χ4v) is 2.31. The Hall–Kier alpha value is -2.64. The molecular formula is C14H17N3O5. The van der Waals surface area contributed by atoms with E-state index >= 15 is 0 Å². The molecule has 8 heteroatoms. The zero-order valence-corrected chi connectivity index (χ0v) is 11.9. The van der Waals surface area contributed by atoms with Crippen LogP contribution < -0.4 is 10.5 Å². The number of likely N-dealkylation sites (tertiary alicyclic amines) is 1. The molecule has 2 N–H and O–H groups in total. The van der Waals surface area contributed by atoms with Crippen molar-refractivity contribution in [1.29, 1.82) is 0 Å². The van der Waals surface area contributed by atoms with Gasteiger partial charge in [-0.1, -0.05) is 0 Å². The number of carbonyl (C=O) groups excluding carboxylic acids is 3. The van der Waals surface area contributed by atoms with Crippen molar-refractivity contribution < 1.29 is 23.9 Å². The van der Waals surface area contributed by atoms with Crippen molar-refractivity contribution in [1.82, 2.24) is 4.90 Å². The molecule has 1 aromatic rings. The third kappa shape index (κ3) is 3.72. The number of amides is 2. The minimum atomic E-state index is -0.868. The second-order valence-corrected chi connectivity index (χ2v) is 5.07. The van der Waals surface area contributed by atoms with Crippen LogP contribution in [-0.2, 0) is 14.3 Å². The normalized spacial score (nSPS) is 17.8. The summed E-state index contributed by atoms with van der Waals surface area (Å²) < 4.78 is 5.22. The quantitative estimate of drug-likeness (QED) is 0.444. The highest BCUT2D eigenvalue weighted by atomic mass is 16.5. The molecule has 1 aliphatic heterocycles. The number of primary amides is 1. The van der Waals surface area contributed by atoms with E-state index in [1.165, 1.54) is 29.3 Å². The van der Waals surface area contributed by atoms with Crippen LogP contribution in [0.4, 0.5) is 0 Å². The number of piperidine rings is 1. The Balaban J connectivity index is 1.89. The smallest absolute Gasteiger partial charge is 0.405 e. The van der Waals surface area contributed by atoms with E-state index in [-0.39, 0.29) is 18.2 Å². The zero-order chi connectivity index (χ0) is 16.1. The number of nitrogens with zero attached hydrogens (tertiary/aromatic N) is 2. The molecule has 2 amide bonds. The van der Waals surface area contributed by atoms with E-state index in [0.717, 1.165) is 0 Å². The highest BCUT2D eigenvalue weighted by molar-refractivity contribution is 5.88. The average molecular weight is 307 g/mol. The van der Waals surface area contributed by atoms with Gasteiger partial charge < -0.3 is 20.6 Å². The van der Waals surface area contributed by atoms with E-state index < -0.39 is 24.4 Å². The Kier molecular flexibility index (Phi) is 4.92. The van der Waals surface area contributed by atoms with Gasteiger partial charge in [0.2, 0.25) is 5.91 Å². The summed E-state index contributed by atoms with van der Waals surface area (Å²) in [5.41, 5.74) is 5.05. The molecule has 1 aromatic heterocycles. The van der Waals surface area contributed by atoms with Gasteiger partial charge in [0, 0.05) is 25.2 Å². The van der Waals surface area contributed by atoms with Crippen LogP contribution in [0.3, 0.4) is 0 Å². The molecule has 1 saturated heterocycles. The number of carbonyl (C=O) groups is 3. The summed E-state index contributed by atoms with van der Waals surface area (Å²) in [6.45, 7) is 0.255. The Bertz CT molecular complexity index is 590. The highest BCUT2D eigenvalue weighted by Gasteiger charge is 2.28. The molecule has 0 radical (unpaired) electrons. The van der Waals surface area contributed by atoms with Crippen molar-refractivity contribution in [3.05, 3.63) is 35.3 Å². The maximum absolute atomic E-state index is 12.0. The summed E-state index contributed by atoms with van der Waals surface area (Å²) in [7, 11) is 0. The van der Waals surface area contributed by atoms with Crippen molar-refractivity contribution >= 4 is 17.8 Å². The van der Waals surface area contributed by atoms with Gasteiger partial charge in [0.25, 0.3) is 5.91 Å². The highest BCUT2D eigenvalue weighted by Crippen LogP contribution is 2.16. The lowest BCUT2D eigenvalue weighted by molar-refractivity contribution is -0.608. The van der Waals surface area contributed by atoms with E-state index in [1.807, 2.05) is 0 Å². The maximum atomic E-state index is 12.0. The molecule has 1 atom stereocenters. The first-order chi connectivity index (χ1) is 10.5. The van der Waals surface area contributed by atoms with Gasteiger partial charge in [-0.15, -0.1) is 0 Å². The minimum Gasteiger partial charge on any atom is -0.618 e. The summed E-state index contributed by atoms with van der Waals surface area (Å²) in [5.74, 6) is -2.09. The largest absolute Gasteiger partial charge is 0.618 e. The fourth-order valence-electron chi connectivity index (χ4n) is 2.31. The van der Waals surface area contributed by atoms with Gasteiger partial charge in [-0.25, -0.2) is 4.79 Å². The molecule has 2 rings (SSSR count). The van der Waals surface area contributed by atoms with E-state index in [4.69, 9.17) is 10.5 Å². The summed E-state index contributed by atoms with van der Waals surface area (Å²) in [6, 6.07) is 4.31. The lowest BCUT2D eigenvalue weighted by Gasteiger charge is -2.30. The van der Waals surface area contributed by atoms with Crippen LogP contribution in [0.1, 0.15) is 23.3 Å². The molecule has 0 aromatic carbocycles. The van der Waals surface area contributed by atoms with Gasteiger partial charge in [-0.3, -0.25) is 9.59 Å². The van der Waals surface area contributed by atoms with Crippen LogP contribution >= 0.6 is 0 Å². The van der Waals surface area contributed by atoms with Crippen molar-refractivity contribution in [2.45, 2.75) is 12.8 Å². The number of ether oxygens (including phenoxy) is 1. The molecule has 118 valence electrons. The standard InChI is InChI=1S/C14H17N3O5/c15-13(19)10-4-3-6-16(8-10)12(18)9-22-14(20)11-5-1-2-7-17(11)21/h1-2,5,7,10H,3-4,6,8-9H2,(H2,15,19)/t10-/m1/s1. The molecule has 2 heterocycles. The Morgan fingerprint density at radius 3 is 2.86 bits per heavy atom. The molecule has 0 aliphatic carbocycles. The molecule has 0 spiro atoms. The molecule has 0 bridgehead atoms. The zero-order valence-electron chi connectivity index (χ0n) is 11.9. The second-order valence-electron chi connectivity index (χ2n) is 5.07. The summed E-state index contributed by atoms with van der Waals surface area (Å²) in [5, 5.41) is 11.4. The van der Waals surface area contributed by atoms with Gasteiger partial charge >= 0.3 is 11.7 Å². The van der Waals surface area contributed by atoms with Gasteiger partial charge in [-0.05, 0) is 18.9 Å². The van der Waals surface area contributed by atoms with Crippen LogP contribution in [0.15, 0.2) is 24.4 Å². The van der Waals surface area contributed by atoms with Crippen molar-refractivity contribution in [2.24, 2.45) is 11.7 Å². The van der Waals surface area contributed by atoms with E-state index in [2.05, 4.69) is 0 Å². The first kappa shape index (κ1) is 15.7. The SMILES string of the molecule is NC(=O)[C@@H]1CCCN(C(=O)COC(=O)c2cccc[n+]2[O-])C1. The van der Waals surface area contributed by atoms with Crippen molar-refractivity contribution in [3.63, 3.8) is 0 Å². The summed E-state index contributed by atoms with van der Waals surface area (Å²) >= 11 is 0. The number of pyridine rings is 1. The number of rotatable bonds is 4. The number of esters is 1. The Labute approximate surface area is 127 Å². The lowest BCUT2D eigenvalue weighted by Crippen LogP contribution is -2.45. The number of nitrogens with two attached hydrogens (primary N) is 1. The van der Waals surface area contributed by atoms with Crippen LogP contribution in [0, 0.1) is 11.1 Å². The lowest BCUT2D eigenvalue weighted by atomic mass is 9.97. The first-order valence-electron chi connectivity index (χ1n) is 6.91. The van der Waals surface area contributed by atoms with Crippen LogP contribution in [-0.4, -0.2) is 42.4 Å². The van der Waals surface area contributed by atoms with Gasteiger partial charge in [0.15, 0.2) is 12.8 Å². The van der Waals surface area contributed by atoms with E-state index in [1.54, 1.807) is 0 Å². The van der Waals surface area contributed by atoms with Gasteiger partial charge in [0.05, 0.1) is 5.92 Å². The van der Waals surface area contributed by atoms with Crippen LogP contribution in [0.2, 0.25) is 0 Å². The van der Waals surface area contributed by atoms with Crippen molar-refractivity contribution in [2.75, 3.05) is 19.7 Å². The third-order valence-corrected chi connectivity index (χ3v) is 3.54. The predicted octanol–water partition coefficient (Wildman–Crippen LogP) is -0.799. The summed E-state index contributed by atoms with van der Waals surface area (Å²) in [4.78, 5) is 36.4. The predicted molar refractivity (Wildman–Crippen MR) is 74.2 cm³/mol. The number of aromatic nitrogens is 1. The topological polar surface area (TPSA) is 117 Å². The fraction of sp³-hybridized carbons (Fsp3) is 0.429. The maximum Gasteiger partial charge on any atom is 0.405 e. The Morgan fingerprint density at radius 2 is 2.18 bits per heavy atom. The van der Waals surface area contributed by atoms with Crippen molar-refractivity contribution in [3.8, 4) is 0 Å².